The molecule has 0 radical (unpaired) electrons. The summed E-state index contributed by atoms with van der Waals surface area (Å²) < 4.78 is 6.35. The molecule has 3 aromatic heterocycles. The molecule has 0 aliphatic rings. The van der Waals surface area contributed by atoms with Crippen molar-refractivity contribution < 1.29 is 4.42 Å². The Labute approximate surface area is 198 Å². The van der Waals surface area contributed by atoms with Crippen LogP contribution < -0.4 is 0 Å². The minimum Gasteiger partial charge on any atom is -0.454 e. The van der Waals surface area contributed by atoms with Crippen molar-refractivity contribution >= 4 is 22.1 Å². The lowest BCUT2D eigenvalue weighted by Gasteiger charge is -2.24. The first-order chi connectivity index (χ1) is 16.6. The molecule has 0 saturated carbocycles. The molecule has 0 bridgehead atoms. The first-order valence-corrected chi connectivity index (χ1v) is 11.5. The summed E-state index contributed by atoms with van der Waals surface area (Å²) in [7, 11) is 0. The number of hydrogen-bond donors (Lipinski definition) is 0. The number of pyridine rings is 2. The number of aromatic nitrogens is 2. The smallest absolute Gasteiger partial charge is 0.153 e. The third-order valence-corrected chi connectivity index (χ3v) is 6.62. The van der Waals surface area contributed by atoms with Crippen molar-refractivity contribution in [2.24, 2.45) is 0 Å². The second-order valence-corrected chi connectivity index (χ2v) is 9.11. The molecular weight excluding hydrogens is 416 g/mol. The summed E-state index contributed by atoms with van der Waals surface area (Å²) in [6.07, 6.45) is 1.86. The lowest BCUT2D eigenvalue weighted by atomic mass is 9.81. The van der Waals surface area contributed by atoms with Gasteiger partial charge < -0.3 is 4.42 Å². The number of benzene rings is 3. The van der Waals surface area contributed by atoms with Crippen LogP contribution >= 0.6 is 0 Å². The molecule has 3 heterocycles. The number of hydrogen-bond acceptors (Lipinski definition) is 3. The maximum atomic E-state index is 6.35. The van der Waals surface area contributed by atoms with Crippen LogP contribution in [0, 0.1) is 0 Å². The fourth-order valence-electron chi connectivity index (χ4n) is 4.61. The Morgan fingerprint density at radius 2 is 1.47 bits per heavy atom. The van der Waals surface area contributed by atoms with Crippen LogP contribution in [0.15, 0.2) is 114 Å². The first-order valence-electron chi connectivity index (χ1n) is 11.5. The van der Waals surface area contributed by atoms with Gasteiger partial charge >= 0.3 is 0 Å². The lowest BCUT2D eigenvalue weighted by molar-refractivity contribution is 0.617. The molecule has 0 unspecified atom stereocenters. The van der Waals surface area contributed by atoms with Gasteiger partial charge in [-0.2, -0.15) is 0 Å². The Balaban J connectivity index is 1.49. The molecule has 0 atom stereocenters. The van der Waals surface area contributed by atoms with Crippen molar-refractivity contribution in [1.82, 2.24) is 9.97 Å². The van der Waals surface area contributed by atoms with E-state index in [9.17, 15) is 0 Å². The monoisotopic (exact) mass is 440 g/mol. The van der Waals surface area contributed by atoms with Crippen LogP contribution in [0.5, 0.6) is 0 Å². The summed E-state index contributed by atoms with van der Waals surface area (Å²) in [5, 5.41) is 1.00. The molecule has 0 amide bonds. The van der Waals surface area contributed by atoms with E-state index in [0.29, 0.717) is 0 Å². The van der Waals surface area contributed by atoms with Crippen molar-refractivity contribution in [3.63, 3.8) is 0 Å². The highest BCUT2D eigenvalue weighted by atomic mass is 16.3. The Kier molecular flexibility index (Phi) is 4.77. The highest BCUT2D eigenvalue weighted by Gasteiger charge is 2.26. The van der Waals surface area contributed by atoms with Gasteiger partial charge in [-0.05, 0) is 53.1 Å². The Bertz CT molecular complexity index is 1620. The van der Waals surface area contributed by atoms with Crippen molar-refractivity contribution in [3.8, 4) is 22.4 Å². The highest BCUT2D eigenvalue weighted by Crippen LogP contribution is 2.37. The van der Waals surface area contributed by atoms with Crippen LogP contribution in [0.4, 0.5) is 0 Å². The minimum atomic E-state index is -0.220. The third-order valence-electron chi connectivity index (χ3n) is 6.62. The van der Waals surface area contributed by atoms with Gasteiger partial charge in [-0.15, -0.1) is 0 Å². The van der Waals surface area contributed by atoms with Gasteiger partial charge in [0.15, 0.2) is 5.58 Å². The molecule has 0 aliphatic carbocycles. The topological polar surface area (TPSA) is 38.9 Å². The predicted octanol–water partition coefficient (Wildman–Crippen LogP) is 8.04. The molecule has 34 heavy (non-hydrogen) atoms. The van der Waals surface area contributed by atoms with E-state index in [4.69, 9.17) is 9.40 Å². The summed E-state index contributed by atoms with van der Waals surface area (Å²) in [4.78, 5) is 9.77. The maximum absolute atomic E-state index is 6.35. The van der Waals surface area contributed by atoms with Crippen molar-refractivity contribution in [3.05, 3.63) is 121 Å². The van der Waals surface area contributed by atoms with Crippen LogP contribution in [0.2, 0.25) is 0 Å². The Morgan fingerprint density at radius 1 is 0.706 bits per heavy atom. The Hall–Kier alpha value is -4.24. The third kappa shape index (κ3) is 3.37. The van der Waals surface area contributed by atoms with Gasteiger partial charge in [0.25, 0.3) is 0 Å². The Morgan fingerprint density at radius 3 is 2.26 bits per heavy atom. The molecule has 6 rings (SSSR count). The minimum absolute atomic E-state index is 0.220. The molecule has 3 heteroatoms. The van der Waals surface area contributed by atoms with E-state index in [2.05, 4.69) is 97.7 Å². The van der Waals surface area contributed by atoms with E-state index in [1.807, 2.05) is 30.5 Å². The second kappa shape index (κ2) is 7.96. The summed E-state index contributed by atoms with van der Waals surface area (Å²) >= 11 is 0. The molecule has 3 aromatic carbocycles. The fraction of sp³-hybridized carbons (Fsp3) is 0.0968. The highest BCUT2D eigenvalue weighted by molar-refractivity contribution is 6.07. The lowest BCUT2D eigenvalue weighted by Crippen LogP contribution is -2.20. The molecule has 0 aliphatic heterocycles. The second-order valence-electron chi connectivity index (χ2n) is 9.11. The van der Waals surface area contributed by atoms with E-state index in [-0.39, 0.29) is 5.41 Å². The van der Waals surface area contributed by atoms with Crippen LogP contribution in [-0.4, -0.2) is 9.97 Å². The summed E-state index contributed by atoms with van der Waals surface area (Å²) in [5.74, 6) is 0. The molecule has 0 fully saturated rings. The summed E-state index contributed by atoms with van der Waals surface area (Å²) in [6.45, 7) is 4.42. The number of furan rings is 1. The van der Waals surface area contributed by atoms with Crippen molar-refractivity contribution in [2.75, 3.05) is 0 Å². The van der Waals surface area contributed by atoms with E-state index in [0.717, 1.165) is 50.1 Å². The maximum Gasteiger partial charge on any atom is 0.153 e. The van der Waals surface area contributed by atoms with Crippen LogP contribution in [0.25, 0.3) is 44.5 Å². The summed E-state index contributed by atoms with van der Waals surface area (Å²) in [6, 6.07) is 35.3. The molecule has 0 N–H and O–H groups in total. The van der Waals surface area contributed by atoms with Gasteiger partial charge in [-0.3, -0.25) is 4.98 Å². The van der Waals surface area contributed by atoms with Gasteiger partial charge in [0, 0.05) is 22.6 Å². The number of rotatable bonds is 4. The standard InChI is InChI=1S/C31H24N2O/c1-31(2,23-12-7-4-8-13-23)28-17-16-27-29(33-28)25-15-9-14-24(30(25)34-27)26-20-22(18-19-32-26)21-10-5-3-6-11-21/h3-20H,1-2H3. The fourth-order valence-corrected chi connectivity index (χ4v) is 4.61. The van der Waals surface area contributed by atoms with E-state index < -0.39 is 0 Å². The van der Waals surface area contributed by atoms with Crippen LogP contribution in [0.3, 0.4) is 0 Å². The average Bonchev–Trinajstić information content (AvgIpc) is 3.28. The largest absolute Gasteiger partial charge is 0.454 e. The van der Waals surface area contributed by atoms with Crippen LogP contribution in [0.1, 0.15) is 25.1 Å². The zero-order valence-electron chi connectivity index (χ0n) is 19.2. The van der Waals surface area contributed by atoms with Gasteiger partial charge in [0.1, 0.15) is 11.1 Å². The van der Waals surface area contributed by atoms with Gasteiger partial charge in [0.2, 0.25) is 0 Å². The van der Waals surface area contributed by atoms with E-state index >= 15 is 0 Å². The molecule has 0 spiro atoms. The van der Waals surface area contributed by atoms with Gasteiger partial charge in [0.05, 0.1) is 11.4 Å². The number of para-hydroxylation sites is 1. The van der Waals surface area contributed by atoms with Gasteiger partial charge in [-0.1, -0.05) is 80.6 Å². The molecule has 3 nitrogen and oxygen atoms in total. The molecule has 6 aromatic rings. The van der Waals surface area contributed by atoms with Gasteiger partial charge in [-0.25, -0.2) is 4.98 Å². The summed E-state index contributed by atoms with van der Waals surface area (Å²) in [5.41, 5.74) is 8.67. The molecular formula is C31H24N2O. The van der Waals surface area contributed by atoms with Crippen LogP contribution in [-0.2, 0) is 5.41 Å². The SMILES string of the molecule is CC(C)(c1ccccc1)c1ccc2oc3c(-c4cc(-c5ccccc5)ccn4)cccc3c2n1. The average molecular weight is 441 g/mol. The van der Waals surface area contributed by atoms with Crippen molar-refractivity contribution in [1.29, 1.82) is 0 Å². The van der Waals surface area contributed by atoms with E-state index in [1.165, 1.54) is 5.56 Å². The molecule has 0 saturated heterocycles. The first kappa shape index (κ1) is 20.4. The van der Waals surface area contributed by atoms with E-state index in [1.54, 1.807) is 0 Å². The molecule has 164 valence electrons. The quantitative estimate of drug-likeness (QED) is 0.278. The number of nitrogens with zero attached hydrogens (tertiary/aromatic N) is 2. The number of fused-ring (bicyclic) bond motifs is 3. The van der Waals surface area contributed by atoms with Crippen molar-refractivity contribution in [2.45, 2.75) is 19.3 Å². The zero-order valence-corrected chi connectivity index (χ0v) is 19.2. The normalized spacial score (nSPS) is 11.8. The predicted molar refractivity (Wildman–Crippen MR) is 139 cm³/mol. The zero-order chi connectivity index (χ0) is 23.1.